The molecule has 0 amide bonds. The highest BCUT2D eigenvalue weighted by Crippen LogP contribution is 2.11. The van der Waals surface area contributed by atoms with Gasteiger partial charge in [0.25, 0.3) is 0 Å². The van der Waals surface area contributed by atoms with E-state index in [-0.39, 0.29) is 17.8 Å². The standard InChI is InChI=1S/C12H22O5.C4H6O2/c1-9(3-13-5-11-7-16-11)14-4-10(2)15-6-12-8-17-12;1-3(2)4(5)6/h9-12H,3-8H2,1-2H3;1H2,2H3,(H,5,6). The van der Waals surface area contributed by atoms with Crippen molar-refractivity contribution in [1.29, 1.82) is 0 Å². The van der Waals surface area contributed by atoms with Gasteiger partial charge in [-0.25, -0.2) is 4.79 Å². The van der Waals surface area contributed by atoms with Crippen molar-refractivity contribution >= 4 is 5.97 Å². The predicted molar refractivity (Wildman–Crippen MR) is 83.6 cm³/mol. The lowest BCUT2D eigenvalue weighted by molar-refractivity contribution is -0.132. The molecule has 0 aliphatic carbocycles. The number of epoxide rings is 2. The predicted octanol–water partition coefficient (Wildman–Crippen LogP) is 1.26. The largest absolute Gasteiger partial charge is 0.478 e. The highest BCUT2D eigenvalue weighted by atomic mass is 16.6. The molecule has 7 nitrogen and oxygen atoms in total. The number of ether oxygens (including phenoxy) is 5. The molecule has 2 aliphatic heterocycles. The van der Waals surface area contributed by atoms with Crippen LogP contribution in [0.3, 0.4) is 0 Å². The Bertz CT molecular complexity index is 351. The zero-order valence-corrected chi connectivity index (χ0v) is 14.2. The summed E-state index contributed by atoms with van der Waals surface area (Å²) in [6.07, 6.45) is 0.838. The lowest BCUT2D eigenvalue weighted by atomic mass is 10.4. The SMILES string of the molecule is C=C(C)C(=O)O.CC(COCC1CO1)OCC(C)OCC1CO1. The summed E-state index contributed by atoms with van der Waals surface area (Å²) in [6.45, 7) is 12.8. The van der Waals surface area contributed by atoms with E-state index in [0.29, 0.717) is 38.6 Å². The first-order valence-corrected chi connectivity index (χ1v) is 7.81. The van der Waals surface area contributed by atoms with E-state index >= 15 is 0 Å². The molecule has 134 valence electrons. The lowest BCUT2D eigenvalue weighted by Crippen LogP contribution is -2.25. The summed E-state index contributed by atoms with van der Waals surface area (Å²) in [7, 11) is 0. The summed E-state index contributed by atoms with van der Waals surface area (Å²) >= 11 is 0. The van der Waals surface area contributed by atoms with Crippen LogP contribution in [0.15, 0.2) is 12.2 Å². The second-order valence-electron chi connectivity index (χ2n) is 5.82. The molecule has 0 aromatic rings. The van der Waals surface area contributed by atoms with Gasteiger partial charge in [-0.1, -0.05) is 6.58 Å². The minimum atomic E-state index is -0.935. The van der Waals surface area contributed by atoms with Gasteiger partial charge in [0.15, 0.2) is 0 Å². The van der Waals surface area contributed by atoms with Gasteiger partial charge in [0.2, 0.25) is 0 Å². The van der Waals surface area contributed by atoms with Crippen LogP contribution in [0.5, 0.6) is 0 Å². The number of rotatable bonds is 11. The first-order valence-electron chi connectivity index (χ1n) is 7.81. The minimum absolute atomic E-state index is 0.0944. The Morgan fingerprint density at radius 2 is 1.61 bits per heavy atom. The van der Waals surface area contributed by atoms with Gasteiger partial charge in [0.1, 0.15) is 12.2 Å². The molecule has 0 aromatic heterocycles. The van der Waals surface area contributed by atoms with Crippen LogP contribution in [-0.2, 0) is 28.5 Å². The number of carboxylic acid groups (broad SMARTS) is 1. The van der Waals surface area contributed by atoms with Crippen molar-refractivity contribution in [2.45, 2.75) is 45.2 Å². The molecule has 4 unspecified atom stereocenters. The van der Waals surface area contributed by atoms with Crippen molar-refractivity contribution in [3.05, 3.63) is 12.2 Å². The van der Waals surface area contributed by atoms with E-state index in [2.05, 4.69) is 6.58 Å². The van der Waals surface area contributed by atoms with Crippen LogP contribution in [-0.4, -0.2) is 75.1 Å². The second-order valence-corrected chi connectivity index (χ2v) is 5.82. The molecule has 0 saturated carbocycles. The number of hydrogen-bond donors (Lipinski definition) is 1. The third kappa shape index (κ3) is 12.1. The van der Waals surface area contributed by atoms with Gasteiger partial charge < -0.3 is 28.8 Å². The zero-order chi connectivity index (χ0) is 17.2. The Balaban J connectivity index is 0.000000379. The average molecular weight is 332 g/mol. The van der Waals surface area contributed by atoms with Gasteiger partial charge in [-0.15, -0.1) is 0 Å². The molecule has 4 atom stereocenters. The Hall–Kier alpha value is -0.990. The lowest BCUT2D eigenvalue weighted by Gasteiger charge is -2.17. The van der Waals surface area contributed by atoms with Gasteiger partial charge in [-0.3, -0.25) is 0 Å². The third-order valence-electron chi connectivity index (χ3n) is 3.01. The Morgan fingerprint density at radius 1 is 1.13 bits per heavy atom. The molecule has 7 heteroatoms. The molecule has 23 heavy (non-hydrogen) atoms. The van der Waals surface area contributed by atoms with Crippen LogP contribution in [0.2, 0.25) is 0 Å². The van der Waals surface area contributed by atoms with Gasteiger partial charge in [0, 0.05) is 5.57 Å². The smallest absolute Gasteiger partial charge is 0.330 e. The minimum Gasteiger partial charge on any atom is -0.478 e. The molecular formula is C16H28O7. The van der Waals surface area contributed by atoms with Gasteiger partial charge in [-0.2, -0.15) is 0 Å². The van der Waals surface area contributed by atoms with E-state index in [9.17, 15) is 4.79 Å². The fraction of sp³-hybridized carbons (Fsp3) is 0.812. The molecular weight excluding hydrogens is 304 g/mol. The van der Waals surface area contributed by atoms with Crippen molar-refractivity contribution in [1.82, 2.24) is 0 Å². The van der Waals surface area contributed by atoms with E-state index in [1.54, 1.807) is 0 Å². The van der Waals surface area contributed by atoms with Crippen molar-refractivity contribution in [3.63, 3.8) is 0 Å². The van der Waals surface area contributed by atoms with E-state index in [1.165, 1.54) is 6.92 Å². The molecule has 0 radical (unpaired) electrons. The first-order chi connectivity index (χ1) is 10.9. The van der Waals surface area contributed by atoms with Crippen molar-refractivity contribution in [2.24, 2.45) is 0 Å². The third-order valence-corrected chi connectivity index (χ3v) is 3.01. The summed E-state index contributed by atoms with van der Waals surface area (Å²) in [5.41, 5.74) is 0.176. The second kappa shape index (κ2) is 10.7. The van der Waals surface area contributed by atoms with Crippen LogP contribution in [0.1, 0.15) is 20.8 Å². The summed E-state index contributed by atoms with van der Waals surface area (Å²) in [5.74, 6) is -0.935. The van der Waals surface area contributed by atoms with Crippen LogP contribution in [0, 0.1) is 0 Å². The highest BCUT2D eigenvalue weighted by Gasteiger charge is 2.24. The van der Waals surface area contributed by atoms with E-state index in [0.717, 1.165) is 13.2 Å². The van der Waals surface area contributed by atoms with Crippen LogP contribution < -0.4 is 0 Å². The van der Waals surface area contributed by atoms with Crippen LogP contribution >= 0.6 is 0 Å². The zero-order valence-electron chi connectivity index (χ0n) is 14.2. The fourth-order valence-corrected chi connectivity index (χ4v) is 1.36. The Labute approximate surface area is 137 Å². The molecule has 2 aliphatic rings. The quantitative estimate of drug-likeness (QED) is 0.450. The Morgan fingerprint density at radius 3 is 2.09 bits per heavy atom. The molecule has 2 saturated heterocycles. The fourth-order valence-electron chi connectivity index (χ4n) is 1.36. The molecule has 0 spiro atoms. The van der Waals surface area contributed by atoms with Crippen molar-refractivity contribution in [2.75, 3.05) is 39.6 Å². The Kier molecular flexibility index (Phi) is 9.35. The summed E-state index contributed by atoms with van der Waals surface area (Å²) < 4.78 is 26.8. The monoisotopic (exact) mass is 332 g/mol. The normalized spacial score (nSPS) is 24.1. The topological polar surface area (TPSA) is 90.1 Å². The van der Waals surface area contributed by atoms with Crippen LogP contribution in [0.25, 0.3) is 0 Å². The molecule has 1 N–H and O–H groups in total. The number of carbonyl (C=O) groups is 1. The van der Waals surface area contributed by atoms with E-state index in [1.807, 2.05) is 13.8 Å². The summed E-state index contributed by atoms with van der Waals surface area (Å²) in [4.78, 5) is 9.60. The first kappa shape index (κ1) is 20.1. The number of carboxylic acids is 1. The highest BCUT2D eigenvalue weighted by molar-refractivity contribution is 5.84. The molecule has 2 rings (SSSR count). The maximum atomic E-state index is 9.60. The average Bonchev–Trinajstić information content (AvgIpc) is 3.37. The van der Waals surface area contributed by atoms with Gasteiger partial charge in [-0.05, 0) is 20.8 Å². The number of hydrogen-bond acceptors (Lipinski definition) is 6. The van der Waals surface area contributed by atoms with Crippen molar-refractivity contribution in [3.8, 4) is 0 Å². The maximum Gasteiger partial charge on any atom is 0.330 e. The summed E-state index contributed by atoms with van der Waals surface area (Å²) in [6, 6.07) is 0. The molecule has 2 heterocycles. The van der Waals surface area contributed by atoms with Gasteiger partial charge in [0.05, 0.1) is 51.8 Å². The molecule has 0 bridgehead atoms. The summed E-state index contributed by atoms with van der Waals surface area (Å²) in [5, 5.41) is 7.89. The van der Waals surface area contributed by atoms with E-state index < -0.39 is 5.97 Å². The van der Waals surface area contributed by atoms with Crippen molar-refractivity contribution < 1.29 is 33.6 Å². The van der Waals surface area contributed by atoms with Crippen LogP contribution in [0.4, 0.5) is 0 Å². The van der Waals surface area contributed by atoms with E-state index in [4.69, 9.17) is 28.8 Å². The number of aliphatic carboxylic acids is 1. The maximum absolute atomic E-state index is 9.60. The van der Waals surface area contributed by atoms with Gasteiger partial charge >= 0.3 is 5.97 Å². The molecule has 0 aromatic carbocycles. The molecule has 2 fully saturated rings.